The highest BCUT2D eigenvalue weighted by molar-refractivity contribution is 9.10. The third-order valence-electron chi connectivity index (χ3n) is 3.75. The van der Waals surface area contributed by atoms with Crippen molar-refractivity contribution in [1.29, 1.82) is 0 Å². The number of hydrogen-bond donors (Lipinski definition) is 1. The molecule has 0 heterocycles. The fourth-order valence-corrected chi connectivity index (χ4v) is 2.96. The first kappa shape index (κ1) is 18.0. The van der Waals surface area contributed by atoms with Crippen LogP contribution in [0.1, 0.15) is 0 Å². The summed E-state index contributed by atoms with van der Waals surface area (Å²) in [6, 6.07) is 23.0. The van der Waals surface area contributed by atoms with Crippen molar-refractivity contribution in [2.45, 2.75) is 0 Å². The van der Waals surface area contributed by atoms with E-state index in [-0.39, 0.29) is 12.5 Å². The van der Waals surface area contributed by atoms with Gasteiger partial charge in [0.2, 0.25) is 0 Å². The SMILES string of the molecule is COc1cccc(NC(=O)COc2ccc(-c3ccccc3)cc2Br)c1. The van der Waals surface area contributed by atoms with Gasteiger partial charge in [0, 0.05) is 11.8 Å². The molecule has 5 heteroatoms. The lowest BCUT2D eigenvalue weighted by atomic mass is 10.1. The zero-order chi connectivity index (χ0) is 18.4. The number of anilines is 1. The van der Waals surface area contributed by atoms with Crippen molar-refractivity contribution in [3.63, 3.8) is 0 Å². The van der Waals surface area contributed by atoms with Gasteiger partial charge in [0.25, 0.3) is 5.91 Å². The van der Waals surface area contributed by atoms with E-state index in [4.69, 9.17) is 9.47 Å². The summed E-state index contributed by atoms with van der Waals surface area (Å²) in [5.41, 5.74) is 2.86. The number of nitrogens with one attached hydrogen (secondary N) is 1. The topological polar surface area (TPSA) is 47.6 Å². The Bertz CT molecular complexity index is 897. The summed E-state index contributed by atoms with van der Waals surface area (Å²) in [6.45, 7) is -0.0828. The fraction of sp³-hybridized carbons (Fsp3) is 0.0952. The molecule has 4 nitrogen and oxygen atoms in total. The summed E-state index contributed by atoms with van der Waals surface area (Å²) >= 11 is 3.51. The quantitative estimate of drug-likeness (QED) is 0.610. The fourth-order valence-electron chi connectivity index (χ4n) is 2.47. The molecule has 3 aromatic rings. The van der Waals surface area contributed by atoms with Crippen molar-refractivity contribution >= 4 is 27.5 Å². The predicted octanol–water partition coefficient (Wildman–Crippen LogP) is 5.14. The molecule has 0 aliphatic rings. The molecule has 0 bridgehead atoms. The summed E-state index contributed by atoms with van der Waals surface area (Å²) in [5.74, 6) is 1.06. The number of hydrogen-bond acceptors (Lipinski definition) is 3. The third-order valence-corrected chi connectivity index (χ3v) is 4.37. The summed E-state index contributed by atoms with van der Waals surface area (Å²) in [7, 11) is 1.58. The molecule has 0 saturated carbocycles. The molecule has 0 aromatic heterocycles. The van der Waals surface area contributed by atoms with Crippen LogP contribution in [-0.4, -0.2) is 19.6 Å². The first-order valence-corrected chi connectivity index (χ1v) is 8.86. The number of rotatable bonds is 6. The van der Waals surface area contributed by atoms with Crippen LogP contribution in [0, 0.1) is 0 Å². The maximum Gasteiger partial charge on any atom is 0.262 e. The largest absolute Gasteiger partial charge is 0.497 e. The monoisotopic (exact) mass is 411 g/mol. The number of carbonyl (C=O) groups excluding carboxylic acids is 1. The van der Waals surface area contributed by atoms with Gasteiger partial charge in [-0.25, -0.2) is 0 Å². The van der Waals surface area contributed by atoms with E-state index in [1.165, 1.54) is 0 Å². The Kier molecular flexibility index (Phi) is 5.92. The molecule has 1 N–H and O–H groups in total. The Morgan fingerprint density at radius 1 is 0.962 bits per heavy atom. The summed E-state index contributed by atoms with van der Waals surface area (Å²) < 4.78 is 11.6. The van der Waals surface area contributed by atoms with Gasteiger partial charge in [-0.1, -0.05) is 42.5 Å². The van der Waals surface area contributed by atoms with E-state index in [0.717, 1.165) is 15.6 Å². The molecular formula is C21H18BrNO3. The lowest BCUT2D eigenvalue weighted by Gasteiger charge is -2.11. The van der Waals surface area contributed by atoms with Crippen LogP contribution in [0.25, 0.3) is 11.1 Å². The second-order valence-electron chi connectivity index (χ2n) is 5.58. The number of benzene rings is 3. The van der Waals surface area contributed by atoms with E-state index in [2.05, 4.69) is 21.2 Å². The smallest absolute Gasteiger partial charge is 0.262 e. The van der Waals surface area contributed by atoms with Crippen LogP contribution in [0.4, 0.5) is 5.69 Å². The normalized spacial score (nSPS) is 10.2. The molecule has 0 unspecified atom stereocenters. The van der Waals surface area contributed by atoms with Gasteiger partial charge in [0.05, 0.1) is 11.6 Å². The number of amides is 1. The van der Waals surface area contributed by atoms with Gasteiger partial charge < -0.3 is 14.8 Å². The Morgan fingerprint density at radius 3 is 2.50 bits per heavy atom. The molecule has 0 fully saturated rings. The van der Waals surface area contributed by atoms with Gasteiger partial charge >= 0.3 is 0 Å². The molecule has 132 valence electrons. The molecule has 0 spiro atoms. The van der Waals surface area contributed by atoms with E-state index in [1.807, 2.05) is 60.7 Å². The van der Waals surface area contributed by atoms with Crippen molar-refractivity contribution in [3.8, 4) is 22.6 Å². The molecule has 0 saturated heterocycles. The Hall–Kier alpha value is -2.79. The third kappa shape index (κ3) is 4.64. The van der Waals surface area contributed by atoms with Gasteiger partial charge in [-0.3, -0.25) is 4.79 Å². The minimum Gasteiger partial charge on any atom is -0.497 e. The van der Waals surface area contributed by atoms with Gasteiger partial charge in [-0.15, -0.1) is 0 Å². The van der Waals surface area contributed by atoms with E-state index in [0.29, 0.717) is 17.2 Å². The number of halogens is 1. The highest BCUT2D eigenvalue weighted by atomic mass is 79.9. The minimum absolute atomic E-state index is 0.0828. The van der Waals surface area contributed by atoms with Gasteiger partial charge in [-0.05, 0) is 51.3 Å². The average molecular weight is 412 g/mol. The van der Waals surface area contributed by atoms with E-state index in [9.17, 15) is 4.79 Å². The van der Waals surface area contributed by atoms with Gasteiger partial charge in [0.1, 0.15) is 11.5 Å². The van der Waals surface area contributed by atoms with Crippen LogP contribution < -0.4 is 14.8 Å². The molecule has 0 aliphatic carbocycles. The number of ether oxygens (including phenoxy) is 2. The van der Waals surface area contributed by atoms with Crippen molar-refractivity contribution in [1.82, 2.24) is 0 Å². The molecule has 0 radical (unpaired) electrons. The molecule has 1 amide bonds. The number of carbonyl (C=O) groups is 1. The Balaban J connectivity index is 1.61. The van der Waals surface area contributed by atoms with Crippen molar-refractivity contribution in [3.05, 3.63) is 77.3 Å². The first-order chi connectivity index (χ1) is 12.7. The zero-order valence-corrected chi connectivity index (χ0v) is 15.8. The first-order valence-electron chi connectivity index (χ1n) is 8.07. The van der Waals surface area contributed by atoms with Gasteiger partial charge in [0.15, 0.2) is 6.61 Å². The van der Waals surface area contributed by atoms with Crippen LogP contribution in [0.15, 0.2) is 77.3 Å². The molecule has 0 atom stereocenters. The van der Waals surface area contributed by atoms with Crippen LogP contribution >= 0.6 is 15.9 Å². The van der Waals surface area contributed by atoms with Gasteiger partial charge in [-0.2, -0.15) is 0 Å². The highest BCUT2D eigenvalue weighted by Crippen LogP contribution is 2.30. The second-order valence-corrected chi connectivity index (χ2v) is 6.43. The van der Waals surface area contributed by atoms with Crippen LogP contribution in [0.2, 0.25) is 0 Å². The maximum absolute atomic E-state index is 12.1. The standard InChI is InChI=1S/C21H18BrNO3/c1-25-18-9-5-8-17(13-18)23-21(24)14-26-20-11-10-16(12-19(20)22)15-6-3-2-4-7-15/h2-13H,14H2,1H3,(H,23,24). The molecular weight excluding hydrogens is 394 g/mol. The zero-order valence-electron chi connectivity index (χ0n) is 14.2. The summed E-state index contributed by atoms with van der Waals surface area (Å²) in [5, 5.41) is 2.78. The molecule has 3 aromatic carbocycles. The van der Waals surface area contributed by atoms with Crippen LogP contribution in [0.5, 0.6) is 11.5 Å². The number of methoxy groups -OCH3 is 1. The van der Waals surface area contributed by atoms with Crippen molar-refractivity contribution in [2.75, 3.05) is 19.0 Å². The van der Waals surface area contributed by atoms with Crippen LogP contribution in [0.3, 0.4) is 0 Å². The Labute approximate surface area is 160 Å². The summed E-state index contributed by atoms with van der Waals surface area (Å²) in [4.78, 5) is 12.1. The average Bonchev–Trinajstić information content (AvgIpc) is 2.68. The lowest BCUT2D eigenvalue weighted by Crippen LogP contribution is -2.20. The minimum atomic E-state index is -0.239. The lowest BCUT2D eigenvalue weighted by molar-refractivity contribution is -0.118. The second kappa shape index (κ2) is 8.54. The molecule has 26 heavy (non-hydrogen) atoms. The predicted molar refractivity (Wildman–Crippen MR) is 107 cm³/mol. The van der Waals surface area contributed by atoms with E-state index >= 15 is 0 Å². The highest BCUT2D eigenvalue weighted by Gasteiger charge is 2.08. The summed E-state index contributed by atoms with van der Waals surface area (Å²) in [6.07, 6.45) is 0. The van der Waals surface area contributed by atoms with Crippen molar-refractivity contribution in [2.24, 2.45) is 0 Å². The van der Waals surface area contributed by atoms with Crippen molar-refractivity contribution < 1.29 is 14.3 Å². The maximum atomic E-state index is 12.1. The van der Waals surface area contributed by atoms with E-state index in [1.54, 1.807) is 19.2 Å². The van der Waals surface area contributed by atoms with Crippen LogP contribution in [-0.2, 0) is 4.79 Å². The Morgan fingerprint density at radius 2 is 1.77 bits per heavy atom. The van der Waals surface area contributed by atoms with E-state index < -0.39 is 0 Å². The molecule has 3 rings (SSSR count). The molecule has 0 aliphatic heterocycles.